The van der Waals surface area contributed by atoms with Crippen LogP contribution in [0, 0.1) is 0 Å². The zero-order chi connectivity index (χ0) is 18.6. The normalized spacial score (nSPS) is 22.6. The van der Waals surface area contributed by atoms with E-state index in [1.807, 2.05) is 9.80 Å². The van der Waals surface area contributed by atoms with Gasteiger partial charge in [0, 0.05) is 45.2 Å². The molecule has 1 aromatic rings. The van der Waals surface area contributed by atoms with Crippen LogP contribution in [0.3, 0.4) is 0 Å². The van der Waals surface area contributed by atoms with Gasteiger partial charge in [0.05, 0.1) is 0 Å². The lowest BCUT2D eigenvalue weighted by molar-refractivity contribution is -0.126. The molecule has 4 rings (SSSR count). The maximum atomic E-state index is 12.8. The van der Waals surface area contributed by atoms with Crippen molar-refractivity contribution in [1.29, 1.82) is 0 Å². The molecule has 3 fully saturated rings. The van der Waals surface area contributed by atoms with Crippen LogP contribution >= 0.6 is 0 Å². The molecule has 0 aromatic heterocycles. The Morgan fingerprint density at radius 1 is 0.963 bits per heavy atom. The van der Waals surface area contributed by atoms with Gasteiger partial charge >= 0.3 is 6.03 Å². The third kappa shape index (κ3) is 4.26. The number of ether oxygens (including phenoxy) is 1. The number of hydrogen-bond donors (Lipinski definition) is 1. The van der Waals surface area contributed by atoms with Gasteiger partial charge in [-0.1, -0.05) is 30.7 Å². The Labute approximate surface area is 160 Å². The fourth-order valence-electron chi connectivity index (χ4n) is 4.03. The fourth-order valence-corrected chi connectivity index (χ4v) is 4.03. The highest BCUT2D eigenvalue weighted by molar-refractivity contribution is 5.78. The van der Waals surface area contributed by atoms with Gasteiger partial charge in [-0.15, -0.1) is 0 Å². The van der Waals surface area contributed by atoms with Gasteiger partial charge in [-0.3, -0.25) is 4.79 Å². The molecule has 27 heavy (non-hydrogen) atoms. The summed E-state index contributed by atoms with van der Waals surface area (Å²) in [4.78, 5) is 28.1. The Morgan fingerprint density at radius 3 is 2.33 bits per heavy atom. The van der Waals surface area contributed by atoms with Crippen molar-refractivity contribution in [3.63, 3.8) is 0 Å². The van der Waals surface area contributed by atoms with E-state index in [4.69, 9.17) is 4.74 Å². The van der Waals surface area contributed by atoms with Crippen LogP contribution in [0.25, 0.3) is 0 Å². The minimum absolute atomic E-state index is 0.0761. The maximum absolute atomic E-state index is 12.8. The number of carbonyl (C=O) groups is 2. The number of urea groups is 1. The summed E-state index contributed by atoms with van der Waals surface area (Å²) in [5.74, 6) is 1.09. The lowest BCUT2D eigenvalue weighted by Gasteiger charge is -2.42. The van der Waals surface area contributed by atoms with Crippen molar-refractivity contribution in [1.82, 2.24) is 15.1 Å². The van der Waals surface area contributed by atoms with Gasteiger partial charge in [-0.05, 0) is 36.3 Å². The van der Waals surface area contributed by atoms with Crippen LogP contribution in [0.1, 0.15) is 48.6 Å². The third-order valence-corrected chi connectivity index (χ3v) is 6.06. The minimum Gasteiger partial charge on any atom is -0.372 e. The maximum Gasteiger partial charge on any atom is 0.320 e. The third-order valence-electron chi connectivity index (χ3n) is 6.06. The number of nitrogens with zero attached hydrogens (tertiary/aromatic N) is 2. The molecule has 0 radical (unpaired) electrons. The lowest BCUT2D eigenvalue weighted by atomic mass is 9.79. The highest BCUT2D eigenvalue weighted by Gasteiger charge is 2.34. The Kier molecular flexibility index (Phi) is 5.62. The first-order valence-corrected chi connectivity index (χ1v) is 10.2. The highest BCUT2D eigenvalue weighted by Crippen LogP contribution is 2.37. The van der Waals surface area contributed by atoms with Crippen molar-refractivity contribution in [2.45, 2.75) is 37.5 Å². The van der Waals surface area contributed by atoms with Gasteiger partial charge in [0.1, 0.15) is 6.61 Å². The molecule has 146 valence electrons. The van der Waals surface area contributed by atoms with Crippen molar-refractivity contribution in [3.8, 4) is 0 Å². The van der Waals surface area contributed by atoms with Gasteiger partial charge in [-0.2, -0.15) is 0 Å². The molecule has 1 saturated carbocycles. The summed E-state index contributed by atoms with van der Waals surface area (Å²) >= 11 is 0. The molecule has 1 aromatic carbocycles. The van der Waals surface area contributed by atoms with E-state index in [9.17, 15) is 9.59 Å². The molecule has 0 bridgehead atoms. The van der Waals surface area contributed by atoms with Crippen molar-refractivity contribution < 1.29 is 14.3 Å². The first-order valence-electron chi connectivity index (χ1n) is 10.2. The molecule has 0 unspecified atom stereocenters. The average molecular weight is 371 g/mol. The molecular formula is C21H29N3O3. The zero-order valence-electron chi connectivity index (χ0n) is 15.9. The largest absolute Gasteiger partial charge is 0.372 e. The second-order valence-electron chi connectivity index (χ2n) is 7.92. The van der Waals surface area contributed by atoms with E-state index < -0.39 is 0 Å². The Bertz CT molecular complexity index is 666. The predicted molar refractivity (Wildman–Crippen MR) is 103 cm³/mol. The second kappa shape index (κ2) is 8.30. The van der Waals surface area contributed by atoms with E-state index >= 15 is 0 Å². The number of amides is 3. The summed E-state index contributed by atoms with van der Waals surface area (Å²) in [5.41, 5.74) is 2.80. The van der Waals surface area contributed by atoms with Crippen LogP contribution in [0.5, 0.6) is 0 Å². The summed E-state index contributed by atoms with van der Waals surface area (Å²) in [7, 11) is 0. The Hall–Kier alpha value is -2.08. The zero-order valence-corrected chi connectivity index (χ0v) is 15.9. The highest BCUT2D eigenvalue weighted by atomic mass is 16.5. The smallest absolute Gasteiger partial charge is 0.320 e. The van der Waals surface area contributed by atoms with Crippen LogP contribution < -0.4 is 5.32 Å². The molecule has 0 spiro atoms. The fraction of sp³-hybridized carbons (Fsp3) is 0.619. The predicted octanol–water partition coefficient (Wildman–Crippen LogP) is 2.31. The molecule has 2 saturated heterocycles. The molecule has 6 heteroatoms. The van der Waals surface area contributed by atoms with Gasteiger partial charge < -0.3 is 19.9 Å². The van der Waals surface area contributed by atoms with Gasteiger partial charge in [0.25, 0.3) is 0 Å². The number of carbonyl (C=O) groups excluding carboxylic acids is 2. The van der Waals surface area contributed by atoms with Crippen molar-refractivity contribution >= 4 is 11.9 Å². The Morgan fingerprint density at radius 2 is 1.67 bits per heavy atom. The molecule has 1 N–H and O–H groups in total. The van der Waals surface area contributed by atoms with E-state index in [2.05, 4.69) is 29.6 Å². The van der Waals surface area contributed by atoms with E-state index in [-0.39, 0.29) is 18.5 Å². The number of nitrogens with one attached hydrogen (secondary N) is 1. The monoisotopic (exact) mass is 371 g/mol. The first-order chi connectivity index (χ1) is 13.2. The van der Waals surface area contributed by atoms with Crippen LogP contribution in [0.2, 0.25) is 0 Å². The van der Waals surface area contributed by atoms with Crippen LogP contribution in [-0.2, 0) is 9.53 Å². The van der Waals surface area contributed by atoms with Gasteiger partial charge in [0.15, 0.2) is 0 Å². The van der Waals surface area contributed by atoms with Crippen LogP contribution in [-0.4, -0.2) is 67.7 Å². The molecule has 3 aliphatic rings. The molecule has 2 aliphatic heterocycles. The summed E-state index contributed by atoms with van der Waals surface area (Å²) in [5, 5.41) is 2.79. The lowest BCUT2D eigenvalue weighted by Crippen LogP contribution is -2.55. The molecule has 3 amide bonds. The topological polar surface area (TPSA) is 61.9 Å². The summed E-state index contributed by atoms with van der Waals surface area (Å²) in [6.07, 6.45) is 4.77. The summed E-state index contributed by atoms with van der Waals surface area (Å²) < 4.78 is 5.30. The van der Waals surface area contributed by atoms with Gasteiger partial charge in [0.2, 0.25) is 5.91 Å². The Balaban J connectivity index is 1.28. The quantitative estimate of drug-likeness (QED) is 0.868. The van der Waals surface area contributed by atoms with E-state index in [1.165, 1.54) is 30.4 Å². The SMILES string of the molecule is O=C1COCCCN(C(=O)N2CC(c3ccc(C4CCC4)cc3)C2)CCN1. The van der Waals surface area contributed by atoms with Crippen LogP contribution in [0.4, 0.5) is 4.79 Å². The molecular weight excluding hydrogens is 342 g/mol. The van der Waals surface area contributed by atoms with E-state index in [0.29, 0.717) is 32.2 Å². The standard InChI is InChI=1S/C21H29N3O3/c25-20-15-27-12-2-10-23(11-9-22-20)21(26)24-13-19(14-24)18-7-5-17(6-8-18)16-3-1-4-16/h5-8,16,19H,1-4,9-15H2,(H,22,25). The van der Waals surface area contributed by atoms with Crippen molar-refractivity contribution in [2.75, 3.05) is 45.9 Å². The molecule has 1 aliphatic carbocycles. The van der Waals surface area contributed by atoms with Crippen molar-refractivity contribution in [2.24, 2.45) is 0 Å². The molecule has 6 nitrogen and oxygen atoms in total. The summed E-state index contributed by atoms with van der Waals surface area (Å²) in [6, 6.07) is 9.12. The van der Waals surface area contributed by atoms with Gasteiger partial charge in [-0.25, -0.2) is 4.79 Å². The summed E-state index contributed by atoms with van der Waals surface area (Å²) in [6.45, 7) is 3.89. The van der Waals surface area contributed by atoms with E-state index in [1.54, 1.807) is 0 Å². The van der Waals surface area contributed by atoms with Crippen LogP contribution in [0.15, 0.2) is 24.3 Å². The van der Waals surface area contributed by atoms with E-state index in [0.717, 1.165) is 25.4 Å². The average Bonchev–Trinajstić information content (AvgIpc) is 2.59. The molecule has 2 heterocycles. The number of hydrogen-bond acceptors (Lipinski definition) is 3. The first kappa shape index (κ1) is 18.3. The minimum atomic E-state index is -0.112. The molecule has 0 atom stereocenters. The number of rotatable bonds is 2. The number of likely N-dealkylation sites (tertiary alicyclic amines) is 1. The van der Waals surface area contributed by atoms with Crippen molar-refractivity contribution in [3.05, 3.63) is 35.4 Å². The number of benzene rings is 1. The second-order valence-corrected chi connectivity index (χ2v) is 7.92.